The van der Waals surface area contributed by atoms with Crippen LogP contribution in [0.5, 0.6) is 0 Å². The Hall–Kier alpha value is -1.53. The molecule has 0 heterocycles. The predicted octanol–water partition coefficient (Wildman–Crippen LogP) is 4.54. The van der Waals surface area contributed by atoms with Crippen LogP contribution in [0, 0.1) is 0 Å². The SMILES string of the molecule is ClC1C=CCC1(c1ccccc1)c1ccccc1. The van der Waals surface area contributed by atoms with Crippen molar-refractivity contribution >= 4 is 11.6 Å². The first kappa shape index (κ1) is 11.6. The largest absolute Gasteiger partial charge is 0.117 e. The summed E-state index contributed by atoms with van der Waals surface area (Å²) in [5.74, 6) is 0. The molecule has 18 heavy (non-hydrogen) atoms. The Labute approximate surface area is 113 Å². The van der Waals surface area contributed by atoms with E-state index < -0.39 is 0 Å². The second kappa shape index (κ2) is 4.62. The Morgan fingerprint density at radius 2 is 1.33 bits per heavy atom. The Morgan fingerprint density at radius 1 is 0.833 bits per heavy atom. The second-order valence-electron chi connectivity index (χ2n) is 4.74. The number of allylic oxidation sites excluding steroid dienone is 2. The van der Waals surface area contributed by atoms with Crippen molar-refractivity contribution in [1.29, 1.82) is 0 Å². The van der Waals surface area contributed by atoms with Crippen LogP contribution >= 0.6 is 11.6 Å². The monoisotopic (exact) mass is 254 g/mol. The van der Waals surface area contributed by atoms with E-state index in [0.29, 0.717) is 0 Å². The number of benzene rings is 2. The molecule has 0 nitrogen and oxygen atoms in total. The van der Waals surface area contributed by atoms with E-state index in [1.54, 1.807) is 0 Å². The van der Waals surface area contributed by atoms with Gasteiger partial charge in [-0.2, -0.15) is 0 Å². The van der Waals surface area contributed by atoms with Gasteiger partial charge >= 0.3 is 0 Å². The second-order valence-corrected chi connectivity index (χ2v) is 5.21. The molecular formula is C17H15Cl. The molecule has 0 spiro atoms. The van der Waals surface area contributed by atoms with Crippen LogP contribution in [-0.4, -0.2) is 5.38 Å². The zero-order valence-corrected chi connectivity index (χ0v) is 10.8. The minimum absolute atomic E-state index is 0.0160. The summed E-state index contributed by atoms with van der Waals surface area (Å²) < 4.78 is 0. The molecule has 2 aromatic carbocycles. The first-order valence-electron chi connectivity index (χ1n) is 6.26. The van der Waals surface area contributed by atoms with Crippen molar-refractivity contribution in [1.82, 2.24) is 0 Å². The van der Waals surface area contributed by atoms with E-state index in [-0.39, 0.29) is 10.8 Å². The first-order valence-corrected chi connectivity index (χ1v) is 6.69. The van der Waals surface area contributed by atoms with E-state index >= 15 is 0 Å². The molecule has 1 aliphatic rings. The van der Waals surface area contributed by atoms with Crippen molar-refractivity contribution in [3.63, 3.8) is 0 Å². The summed E-state index contributed by atoms with van der Waals surface area (Å²) in [6.45, 7) is 0. The van der Waals surface area contributed by atoms with E-state index in [4.69, 9.17) is 11.6 Å². The molecule has 90 valence electrons. The van der Waals surface area contributed by atoms with Crippen LogP contribution in [0.1, 0.15) is 17.5 Å². The quantitative estimate of drug-likeness (QED) is 0.545. The van der Waals surface area contributed by atoms with Gasteiger partial charge in [-0.05, 0) is 17.5 Å². The van der Waals surface area contributed by atoms with E-state index in [1.165, 1.54) is 11.1 Å². The zero-order chi connectivity index (χ0) is 12.4. The molecule has 0 amide bonds. The molecule has 1 aliphatic carbocycles. The molecular weight excluding hydrogens is 240 g/mol. The van der Waals surface area contributed by atoms with E-state index in [2.05, 4.69) is 60.7 Å². The zero-order valence-electron chi connectivity index (χ0n) is 10.1. The van der Waals surface area contributed by atoms with Gasteiger partial charge in [-0.1, -0.05) is 72.8 Å². The predicted molar refractivity (Wildman–Crippen MR) is 77.1 cm³/mol. The standard InChI is InChI=1S/C17H15Cl/c18-16-12-7-13-17(16,14-8-3-1-4-9-14)15-10-5-2-6-11-15/h1-12,16H,13H2. The third kappa shape index (κ3) is 1.69. The fourth-order valence-corrected chi connectivity index (χ4v) is 3.29. The summed E-state index contributed by atoms with van der Waals surface area (Å²) in [7, 11) is 0. The van der Waals surface area contributed by atoms with Gasteiger partial charge in [0.2, 0.25) is 0 Å². The maximum atomic E-state index is 6.62. The topological polar surface area (TPSA) is 0 Å². The molecule has 2 aromatic rings. The molecule has 0 saturated carbocycles. The average Bonchev–Trinajstić information content (AvgIpc) is 2.84. The highest BCUT2D eigenvalue weighted by atomic mass is 35.5. The summed E-state index contributed by atoms with van der Waals surface area (Å²) in [5.41, 5.74) is 2.48. The highest BCUT2D eigenvalue weighted by molar-refractivity contribution is 6.23. The number of rotatable bonds is 2. The summed E-state index contributed by atoms with van der Waals surface area (Å²) in [6, 6.07) is 21.1. The van der Waals surface area contributed by atoms with E-state index in [1.807, 2.05) is 12.1 Å². The van der Waals surface area contributed by atoms with Gasteiger partial charge in [0, 0.05) is 5.41 Å². The Morgan fingerprint density at radius 3 is 1.72 bits per heavy atom. The minimum atomic E-state index is -0.107. The van der Waals surface area contributed by atoms with Crippen molar-refractivity contribution in [2.45, 2.75) is 17.2 Å². The van der Waals surface area contributed by atoms with Gasteiger partial charge in [0.25, 0.3) is 0 Å². The number of alkyl halides is 1. The van der Waals surface area contributed by atoms with Crippen molar-refractivity contribution in [2.75, 3.05) is 0 Å². The van der Waals surface area contributed by atoms with Crippen molar-refractivity contribution in [2.24, 2.45) is 0 Å². The van der Waals surface area contributed by atoms with Crippen LogP contribution in [-0.2, 0) is 5.41 Å². The normalized spacial score (nSPS) is 21.1. The maximum absolute atomic E-state index is 6.62. The maximum Gasteiger partial charge on any atom is 0.0656 e. The molecule has 0 N–H and O–H groups in total. The fraction of sp³-hybridized carbons (Fsp3) is 0.176. The van der Waals surface area contributed by atoms with Gasteiger partial charge in [-0.3, -0.25) is 0 Å². The molecule has 0 fully saturated rings. The van der Waals surface area contributed by atoms with E-state index in [0.717, 1.165) is 6.42 Å². The van der Waals surface area contributed by atoms with Crippen molar-refractivity contribution < 1.29 is 0 Å². The van der Waals surface area contributed by atoms with Crippen LogP contribution in [0.25, 0.3) is 0 Å². The van der Waals surface area contributed by atoms with Crippen LogP contribution in [0.15, 0.2) is 72.8 Å². The van der Waals surface area contributed by atoms with Gasteiger partial charge in [-0.25, -0.2) is 0 Å². The molecule has 1 heteroatoms. The molecule has 0 saturated heterocycles. The minimum Gasteiger partial charge on any atom is -0.117 e. The van der Waals surface area contributed by atoms with Crippen LogP contribution in [0.2, 0.25) is 0 Å². The molecule has 0 aliphatic heterocycles. The summed E-state index contributed by atoms with van der Waals surface area (Å²) >= 11 is 6.62. The van der Waals surface area contributed by atoms with Crippen LogP contribution in [0.3, 0.4) is 0 Å². The van der Waals surface area contributed by atoms with Gasteiger partial charge in [-0.15, -0.1) is 11.6 Å². The number of hydrogen-bond acceptors (Lipinski definition) is 0. The lowest BCUT2D eigenvalue weighted by Gasteiger charge is -2.34. The number of hydrogen-bond donors (Lipinski definition) is 0. The van der Waals surface area contributed by atoms with Gasteiger partial charge in [0.05, 0.1) is 5.38 Å². The Kier molecular flexibility index (Phi) is 2.97. The molecule has 3 rings (SSSR count). The highest BCUT2D eigenvalue weighted by Crippen LogP contribution is 2.45. The van der Waals surface area contributed by atoms with E-state index in [9.17, 15) is 0 Å². The third-order valence-electron chi connectivity index (χ3n) is 3.79. The van der Waals surface area contributed by atoms with Gasteiger partial charge in [0.1, 0.15) is 0 Å². The summed E-state index contributed by atoms with van der Waals surface area (Å²) in [4.78, 5) is 0. The summed E-state index contributed by atoms with van der Waals surface area (Å²) in [5, 5.41) is 0.0160. The van der Waals surface area contributed by atoms with Gasteiger partial charge in [0.15, 0.2) is 0 Å². The average molecular weight is 255 g/mol. The highest BCUT2D eigenvalue weighted by Gasteiger charge is 2.41. The smallest absolute Gasteiger partial charge is 0.0656 e. The molecule has 0 aromatic heterocycles. The van der Waals surface area contributed by atoms with Crippen LogP contribution in [0.4, 0.5) is 0 Å². The molecule has 1 unspecified atom stereocenters. The van der Waals surface area contributed by atoms with Crippen molar-refractivity contribution in [3.8, 4) is 0 Å². The van der Waals surface area contributed by atoms with Crippen molar-refractivity contribution in [3.05, 3.63) is 83.9 Å². The molecule has 0 radical (unpaired) electrons. The van der Waals surface area contributed by atoms with Crippen LogP contribution < -0.4 is 0 Å². The summed E-state index contributed by atoms with van der Waals surface area (Å²) in [6.07, 6.45) is 5.27. The number of halogens is 1. The first-order chi connectivity index (χ1) is 8.84. The fourth-order valence-electron chi connectivity index (χ4n) is 2.84. The lowest BCUT2D eigenvalue weighted by molar-refractivity contribution is 0.563. The molecule has 0 bridgehead atoms. The lowest BCUT2D eigenvalue weighted by Crippen LogP contribution is -2.33. The Balaban J connectivity index is 2.17. The van der Waals surface area contributed by atoms with Gasteiger partial charge < -0.3 is 0 Å². The third-order valence-corrected chi connectivity index (χ3v) is 4.31. The molecule has 1 atom stereocenters. The lowest BCUT2D eigenvalue weighted by atomic mass is 9.72. The Bertz CT molecular complexity index is 503.